The van der Waals surface area contributed by atoms with Crippen LogP contribution in [0.5, 0.6) is 0 Å². The average Bonchev–Trinajstić information content (AvgIpc) is 2.60. The lowest BCUT2D eigenvalue weighted by Gasteiger charge is -2.23. The molecule has 7 nitrogen and oxygen atoms in total. The summed E-state index contributed by atoms with van der Waals surface area (Å²) in [6.45, 7) is 5.54. The van der Waals surface area contributed by atoms with Gasteiger partial charge in [0.25, 0.3) is 5.91 Å². The summed E-state index contributed by atoms with van der Waals surface area (Å²) < 4.78 is 0. The second-order valence-electron chi connectivity index (χ2n) is 5.96. The Kier molecular flexibility index (Phi) is 5.98. The van der Waals surface area contributed by atoms with Crippen molar-refractivity contribution in [1.82, 2.24) is 20.9 Å². The monoisotopic (exact) mass is 318 g/mol. The first-order valence-electron chi connectivity index (χ1n) is 7.01. The first-order chi connectivity index (χ1) is 9.40. The minimum Gasteiger partial charge on any atom is -0.354 e. The summed E-state index contributed by atoms with van der Waals surface area (Å²) in [6, 6.07) is -0.505. The Balaban J connectivity index is 0.00000220. The molecule has 0 aromatic carbocycles. The molecule has 21 heavy (non-hydrogen) atoms. The summed E-state index contributed by atoms with van der Waals surface area (Å²) in [4.78, 5) is 36.4. The molecule has 2 fully saturated rings. The summed E-state index contributed by atoms with van der Waals surface area (Å²) in [5, 5.41) is 8.62. The van der Waals surface area contributed by atoms with Gasteiger partial charge in [-0.3, -0.25) is 14.5 Å². The molecule has 2 heterocycles. The van der Waals surface area contributed by atoms with Gasteiger partial charge in [-0.15, -0.1) is 12.4 Å². The van der Waals surface area contributed by atoms with Crippen LogP contribution in [-0.2, 0) is 9.59 Å². The first-order valence-corrected chi connectivity index (χ1v) is 7.01. The summed E-state index contributed by atoms with van der Waals surface area (Å²) in [6.07, 6.45) is 2.20. The second-order valence-corrected chi connectivity index (χ2v) is 5.96. The van der Waals surface area contributed by atoms with E-state index in [0.717, 1.165) is 30.8 Å². The zero-order valence-electron chi connectivity index (χ0n) is 12.4. The van der Waals surface area contributed by atoms with Crippen molar-refractivity contribution in [1.29, 1.82) is 0 Å². The Morgan fingerprint density at radius 1 is 1.43 bits per heavy atom. The fourth-order valence-corrected chi connectivity index (χ4v) is 2.52. The fraction of sp³-hybridized carbons (Fsp3) is 0.769. The molecule has 0 saturated carbocycles. The van der Waals surface area contributed by atoms with Gasteiger partial charge in [0.2, 0.25) is 5.91 Å². The van der Waals surface area contributed by atoms with Crippen molar-refractivity contribution in [2.24, 2.45) is 5.92 Å². The normalized spacial score (nSPS) is 24.3. The van der Waals surface area contributed by atoms with Crippen LogP contribution >= 0.6 is 12.4 Å². The van der Waals surface area contributed by atoms with E-state index in [2.05, 4.69) is 16.0 Å². The zero-order chi connectivity index (χ0) is 14.8. The molecule has 0 bridgehead atoms. The van der Waals surface area contributed by atoms with E-state index >= 15 is 0 Å². The Labute approximate surface area is 130 Å². The average molecular weight is 319 g/mol. The highest BCUT2D eigenvalue weighted by Crippen LogP contribution is 2.16. The number of halogens is 1. The van der Waals surface area contributed by atoms with Crippen molar-refractivity contribution >= 4 is 30.3 Å². The highest BCUT2D eigenvalue weighted by atomic mass is 35.5. The van der Waals surface area contributed by atoms with E-state index in [1.807, 2.05) is 0 Å². The lowest BCUT2D eigenvalue weighted by molar-refractivity contribution is -0.134. The van der Waals surface area contributed by atoms with Gasteiger partial charge in [-0.05, 0) is 45.7 Å². The minimum absolute atomic E-state index is 0. The predicted octanol–water partition coefficient (Wildman–Crippen LogP) is -0.146. The van der Waals surface area contributed by atoms with Crippen LogP contribution in [0.25, 0.3) is 0 Å². The molecular formula is C13H23ClN4O3. The molecule has 1 atom stereocenters. The number of rotatable bonds is 4. The number of amides is 4. The largest absolute Gasteiger partial charge is 0.354 e. The van der Waals surface area contributed by atoms with Crippen molar-refractivity contribution in [2.45, 2.75) is 32.2 Å². The Hall–Kier alpha value is -1.34. The first kappa shape index (κ1) is 17.7. The molecule has 0 aromatic heterocycles. The molecule has 0 radical (unpaired) electrons. The standard InChI is InChI=1S/C13H22N4O3.ClH/c1-13(2)11(19)17(12(20)16-13)8-10(18)15-7-9-4-3-5-14-6-9;/h9,14H,3-8H2,1-2H3,(H,15,18)(H,16,20);1H. The number of hydrogen-bond acceptors (Lipinski definition) is 4. The Morgan fingerprint density at radius 2 is 2.14 bits per heavy atom. The van der Waals surface area contributed by atoms with Crippen molar-refractivity contribution in [3.63, 3.8) is 0 Å². The van der Waals surface area contributed by atoms with Gasteiger partial charge in [-0.1, -0.05) is 0 Å². The molecule has 0 aliphatic carbocycles. The predicted molar refractivity (Wildman–Crippen MR) is 80.2 cm³/mol. The number of piperidine rings is 1. The summed E-state index contributed by atoms with van der Waals surface area (Å²) in [5.41, 5.74) is -0.926. The highest BCUT2D eigenvalue weighted by molar-refractivity contribution is 6.08. The van der Waals surface area contributed by atoms with Crippen LogP contribution in [0.3, 0.4) is 0 Å². The lowest BCUT2D eigenvalue weighted by Crippen LogP contribution is -2.45. The Bertz CT molecular complexity index is 422. The van der Waals surface area contributed by atoms with E-state index < -0.39 is 11.6 Å². The molecular weight excluding hydrogens is 296 g/mol. The zero-order valence-corrected chi connectivity index (χ0v) is 13.2. The third kappa shape index (κ3) is 4.31. The van der Waals surface area contributed by atoms with E-state index in [-0.39, 0.29) is 30.8 Å². The van der Waals surface area contributed by atoms with Crippen LogP contribution in [0.1, 0.15) is 26.7 Å². The van der Waals surface area contributed by atoms with Gasteiger partial charge >= 0.3 is 6.03 Å². The maximum atomic E-state index is 11.9. The summed E-state index contributed by atoms with van der Waals surface area (Å²) in [7, 11) is 0. The minimum atomic E-state index is -0.926. The van der Waals surface area contributed by atoms with Crippen molar-refractivity contribution in [3.8, 4) is 0 Å². The number of urea groups is 1. The molecule has 1 unspecified atom stereocenters. The van der Waals surface area contributed by atoms with E-state index in [9.17, 15) is 14.4 Å². The molecule has 2 saturated heterocycles. The quantitative estimate of drug-likeness (QED) is 0.629. The number of nitrogens with one attached hydrogen (secondary N) is 3. The maximum Gasteiger partial charge on any atom is 0.325 e. The SMILES string of the molecule is CC1(C)NC(=O)N(CC(=O)NCC2CCCNC2)C1=O.Cl. The van der Waals surface area contributed by atoms with Gasteiger partial charge in [0.05, 0.1) is 0 Å². The van der Waals surface area contributed by atoms with E-state index in [0.29, 0.717) is 12.5 Å². The van der Waals surface area contributed by atoms with Gasteiger partial charge in [-0.25, -0.2) is 4.79 Å². The second kappa shape index (κ2) is 7.09. The number of hydrogen-bond donors (Lipinski definition) is 3. The number of carbonyl (C=O) groups excluding carboxylic acids is 3. The number of imide groups is 1. The summed E-state index contributed by atoms with van der Waals surface area (Å²) in [5.74, 6) is -0.235. The van der Waals surface area contributed by atoms with Gasteiger partial charge in [-0.2, -0.15) is 0 Å². The van der Waals surface area contributed by atoms with Gasteiger partial charge in [0, 0.05) is 6.54 Å². The van der Waals surface area contributed by atoms with Crippen LogP contribution in [0.15, 0.2) is 0 Å². The Morgan fingerprint density at radius 3 is 2.67 bits per heavy atom. The molecule has 3 N–H and O–H groups in total. The van der Waals surface area contributed by atoms with E-state index in [1.165, 1.54) is 0 Å². The van der Waals surface area contributed by atoms with Crippen LogP contribution < -0.4 is 16.0 Å². The molecule has 120 valence electrons. The van der Waals surface area contributed by atoms with E-state index in [4.69, 9.17) is 0 Å². The van der Waals surface area contributed by atoms with Crippen molar-refractivity contribution in [3.05, 3.63) is 0 Å². The topological polar surface area (TPSA) is 90.5 Å². The van der Waals surface area contributed by atoms with E-state index in [1.54, 1.807) is 13.8 Å². The lowest BCUT2D eigenvalue weighted by atomic mass is 10.00. The molecule has 2 rings (SSSR count). The molecule has 0 spiro atoms. The highest BCUT2D eigenvalue weighted by Gasteiger charge is 2.44. The molecule has 4 amide bonds. The summed E-state index contributed by atoms with van der Waals surface area (Å²) >= 11 is 0. The number of carbonyl (C=O) groups is 3. The smallest absolute Gasteiger partial charge is 0.325 e. The van der Waals surface area contributed by atoms with Gasteiger partial charge in [0.1, 0.15) is 12.1 Å². The van der Waals surface area contributed by atoms with Crippen LogP contribution in [-0.4, -0.2) is 54.5 Å². The fourth-order valence-electron chi connectivity index (χ4n) is 2.52. The maximum absolute atomic E-state index is 11.9. The van der Waals surface area contributed by atoms with Gasteiger partial charge in [0.15, 0.2) is 0 Å². The molecule has 0 aromatic rings. The molecule has 8 heteroatoms. The van der Waals surface area contributed by atoms with Crippen molar-refractivity contribution in [2.75, 3.05) is 26.2 Å². The third-order valence-electron chi connectivity index (χ3n) is 3.73. The van der Waals surface area contributed by atoms with Crippen LogP contribution in [0.4, 0.5) is 4.79 Å². The molecule has 2 aliphatic rings. The van der Waals surface area contributed by atoms with Gasteiger partial charge < -0.3 is 16.0 Å². The van der Waals surface area contributed by atoms with Crippen LogP contribution in [0.2, 0.25) is 0 Å². The van der Waals surface area contributed by atoms with Crippen LogP contribution in [0, 0.1) is 5.92 Å². The molecule has 2 aliphatic heterocycles. The van der Waals surface area contributed by atoms with Crippen molar-refractivity contribution < 1.29 is 14.4 Å². The number of nitrogens with zero attached hydrogens (tertiary/aromatic N) is 1. The third-order valence-corrected chi connectivity index (χ3v) is 3.73.